The van der Waals surface area contributed by atoms with Gasteiger partial charge in [-0.2, -0.15) is 11.8 Å². The number of hydrogen-bond acceptors (Lipinski definition) is 2. The lowest BCUT2D eigenvalue weighted by Crippen LogP contribution is -2.14. The molecule has 0 aromatic rings. The van der Waals surface area contributed by atoms with Gasteiger partial charge in [0.1, 0.15) is 0 Å². The van der Waals surface area contributed by atoms with Crippen LogP contribution in [0.3, 0.4) is 0 Å². The van der Waals surface area contributed by atoms with E-state index in [1.807, 2.05) is 11.8 Å². The second kappa shape index (κ2) is 5.46. The molecule has 0 aliphatic carbocycles. The van der Waals surface area contributed by atoms with Crippen LogP contribution in [0.25, 0.3) is 0 Å². The largest absolute Gasteiger partial charge is 0.387 e. The summed E-state index contributed by atoms with van der Waals surface area (Å²) in [5.41, 5.74) is 5.71. The first kappa shape index (κ1) is 9.90. The fourth-order valence-electron chi connectivity index (χ4n) is 1.31. The Kier molecular flexibility index (Phi) is 4.51. The summed E-state index contributed by atoms with van der Waals surface area (Å²) in [6, 6.07) is 0. The van der Waals surface area contributed by atoms with Gasteiger partial charge in [-0.3, -0.25) is 4.99 Å². The van der Waals surface area contributed by atoms with E-state index in [9.17, 15) is 0 Å². The van der Waals surface area contributed by atoms with Crippen LogP contribution in [0.5, 0.6) is 0 Å². The van der Waals surface area contributed by atoms with Crippen molar-refractivity contribution < 1.29 is 0 Å². The van der Waals surface area contributed by atoms with Crippen LogP contribution >= 0.6 is 11.8 Å². The van der Waals surface area contributed by atoms with Crippen molar-refractivity contribution in [2.45, 2.75) is 26.2 Å². The maximum Gasteiger partial charge on any atom is 0.0937 e. The van der Waals surface area contributed by atoms with Gasteiger partial charge in [0.25, 0.3) is 0 Å². The van der Waals surface area contributed by atoms with Crippen molar-refractivity contribution in [3.8, 4) is 0 Å². The molecule has 1 aliphatic heterocycles. The third kappa shape index (κ3) is 3.48. The molecule has 0 aromatic carbocycles. The van der Waals surface area contributed by atoms with E-state index in [4.69, 9.17) is 5.73 Å². The van der Waals surface area contributed by atoms with Gasteiger partial charge in [0, 0.05) is 13.0 Å². The highest BCUT2D eigenvalue weighted by molar-refractivity contribution is 7.99. The zero-order valence-corrected chi connectivity index (χ0v) is 8.57. The molecule has 0 saturated carbocycles. The molecule has 1 heterocycles. The van der Waals surface area contributed by atoms with Crippen LogP contribution in [0.15, 0.2) is 4.99 Å². The smallest absolute Gasteiger partial charge is 0.0937 e. The van der Waals surface area contributed by atoms with Crippen LogP contribution in [0, 0.1) is 5.92 Å². The summed E-state index contributed by atoms with van der Waals surface area (Å²) in [5.74, 6) is 4.23. The van der Waals surface area contributed by atoms with Gasteiger partial charge in [-0.05, 0) is 30.3 Å². The quantitative estimate of drug-likeness (QED) is 0.538. The Labute approximate surface area is 79.0 Å². The van der Waals surface area contributed by atoms with Crippen molar-refractivity contribution in [2.24, 2.45) is 16.6 Å². The number of nitrogens with two attached hydrogens (primary N) is 1. The van der Waals surface area contributed by atoms with Gasteiger partial charge in [0.15, 0.2) is 0 Å². The molecule has 0 bridgehead atoms. The number of aliphatic imine (C=N–C) groups is 1. The molecule has 3 heteroatoms. The van der Waals surface area contributed by atoms with Crippen LogP contribution in [0.4, 0.5) is 0 Å². The molecule has 2 N–H and O–H groups in total. The van der Waals surface area contributed by atoms with Gasteiger partial charge < -0.3 is 5.73 Å². The lowest BCUT2D eigenvalue weighted by atomic mass is 10.1. The predicted octanol–water partition coefficient (Wildman–Crippen LogP) is 1.90. The number of nitrogens with zero attached hydrogens (tertiary/aromatic N) is 1. The van der Waals surface area contributed by atoms with E-state index < -0.39 is 0 Å². The minimum absolute atomic E-state index is 0.797. The summed E-state index contributed by atoms with van der Waals surface area (Å²) in [5, 5.41) is 0. The van der Waals surface area contributed by atoms with Gasteiger partial charge >= 0.3 is 0 Å². The zero-order valence-electron chi connectivity index (χ0n) is 7.75. The standard InChI is InChI=1S/C9H18N2S/c1-2-3-9(10)11-6-8-4-5-12-7-8/h8H,2-7H2,1H3,(H2,10,11). The molecule has 70 valence electrons. The maximum absolute atomic E-state index is 5.71. The van der Waals surface area contributed by atoms with Gasteiger partial charge in [-0.15, -0.1) is 0 Å². The maximum atomic E-state index is 5.71. The topological polar surface area (TPSA) is 38.4 Å². The molecule has 1 aliphatic rings. The van der Waals surface area contributed by atoms with Crippen LogP contribution in [0.2, 0.25) is 0 Å². The Morgan fingerprint density at radius 2 is 2.50 bits per heavy atom. The third-order valence-corrected chi connectivity index (χ3v) is 3.31. The molecule has 0 aromatic heterocycles. The zero-order chi connectivity index (χ0) is 8.81. The first-order valence-corrected chi connectivity index (χ1v) is 5.85. The van der Waals surface area contributed by atoms with Crippen LogP contribution < -0.4 is 5.73 Å². The summed E-state index contributed by atoms with van der Waals surface area (Å²) in [6.07, 6.45) is 3.39. The minimum Gasteiger partial charge on any atom is -0.387 e. The molecule has 2 nitrogen and oxygen atoms in total. The number of amidine groups is 1. The molecule has 1 unspecified atom stereocenters. The lowest BCUT2D eigenvalue weighted by molar-refractivity contribution is 0.611. The van der Waals surface area contributed by atoms with Gasteiger partial charge in [-0.25, -0.2) is 0 Å². The molecule has 0 radical (unpaired) electrons. The van der Waals surface area contributed by atoms with E-state index in [2.05, 4.69) is 11.9 Å². The monoisotopic (exact) mass is 186 g/mol. The van der Waals surface area contributed by atoms with Crippen molar-refractivity contribution in [3.05, 3.63) is 0 Å². The van der Waals surface area contributed by atoms with Crippen LogP contribution in [-0.4, -0.2) is 23.9 Å². The average molecular weight is 186 g/mol. The fraction of sp³-hybridized carbons (Fsp3) is 0.889. The van der Waals surface area contributed by atoms with E-state index in [1.165, 1.54) is 17.9 Å². The molecule has 1 saturated heterocycles. The number of thioether (sulfide) groups is 1. The van der Waals surface area contributed by atoms with Gasteiger partial charge in [0.05, 0.1) is 5.84 Å². The first-order valence-electron chi connectivity index (χ1n) is 4.69. The normalized spacial score (nSPS) is 24.8. The molecule has 1 fully saturated rings. The van der Waals surface area contributed by atoms with E-state index in [1.54, 1.807) is 0 Å². The summed E-state index contributed by atoms with van der Waals surface area (Å²) in [7, 11) is 0. The van der Waals surface area contributed by atoms with E-state index in [0.717, 1.165) is 31.1 Å². The third-order valence-electron chi connectivity index (χ3n) is 2.08. The van der Waals surface area contributed by atoms with Crippen LogP contribution in [-0.2, 0) is 0 Å². The van der Waals surface area contributed by atoms with Crippen LogP contribution in [0.1, 0.15) is 26.2 Å². The summed E-state index contributed by atoms with van der Waals surface area (Å²) in [6.45, 7) is 3.09. The second-order valence-electron chi connectivity index (χ2n) is 3.31. The average Bonchev–Trinajstić information content (AvgIpc) is 2.53. The second-order valence-corrected chi connectivity index (χ2v) is 4.46. The van der Waals surface area contributed by atoms with Crippen molar-refractivity contribution in [1.29, 1.82) is 0 Å². The molecule has 1 atom stereocenters. The van der Waals surface area contributed by atoms with Crippen molar-refractivity contribution in [2.75, 3.05) is 18.1 Å². The molecule has 0 amide bonds. The first-order chi connectivity index (χ1) is 5.83. The molecule has 0 spiro atoms. The van der Waals surface area contributed by atoms with Crippen molar-refractivity contribution >= 4 is 17.6 Å². The SMILES string of the molecule is CCCC(N)=NCC1CCSC1. The summed E-state index contributed by atoms with van der Waals surface area (Å²) >= 11 is 2.04. The summed E-state index contributed by atoms with van der Waals surface area (Å²) in [4.78, 5) is 4.38. The molecule has 12 heavy (non-hydrogen) atoms. The minimum atomic E-state index is 0.797. The van der Waals surface area contributed by atoms with Crippen molar-refractivity contribution in [3.63, 3.8) is 0 Å². The van der Waals surface area contributed by atoms with E-state index in [0.29, 0.717) is 0 Å². The van der Waals surface area contributed by atoms with Gasteiger partial charge in [0.2, 0.25) is 0 Å². The van der Waals surface area contributed by atoms with E-state index in [-0.39, 0.29) is 0 Å². The fourth-order valence-corrected chi connectivity index (χ4v) is 2.58. The lowest BCUT2D eigenvalue weighted by Gasteiger charge is -2.04. The number of hydrogen-bond donors (Lipinski definition) is 1. The Morgan fingerprint density at radius 3 is 3.08 bits per heavy atom. The summed E-state index contributed by atoms with van der Waals surface area (Å²) < 4.78 is 0. The molecular formula is C9H18N2S. The Morgan fingerprint density at radius 1 is 1.67 bits per heavy atom. The molecule has 1 rings (SSSR count). The Bertz CT molecular complexity index is 151. The highest BCUT2D eigenvalue weighted by Gasteiger charge is 2.14. The van der Waals surface area contributed by atoms with E-state index >= 15 is 0 Å². The predicted molar refractivity (Wildman–Crippen MR) is 56.8 cm³/mol. The highest BCUT2D eigenvalue weighted by atomic mass is 32.2. The number of rotatable bonds is 4. The molecular weight excluding hydrogens is 168 g/mol. The Hall–Kier alpha value is -0.180. The Balaban J connectivity index is 2.17. The highest BCUT2D eigenvalue weighted by Crippen LogP contribution is 2.23. The van der Waals surface area contributed by atoms with Gasteiger partial charge in [-0.1, -0.05) is 6.92 Å². The van der Waals surface area contributed by atoms with Crippen molar-refractivity contribution in [1.82, 2.24) is 0 Å².